The predicted octanol–water partition coefficient (Wildman–Crippen LogP) is 4.98. The summed E-state index contributed by atoms with van der Waals surface area (Å²) in [6.07, 6.45) is 2.60. The van der Waals surface area contributed by atoms with Gasteiger partial charge in [-0.05, 0) is 18.6 Å². The van der Waals surface area contributed by atoms with Crippen molar-refractivity contribution in [2.45, 2.75) is 32.2 Å². The minimum Gasteiger partial charge on any atom is -0.507 e. The van der Waals surface area contributed by atoms with Gasteiger partial charge in [-0.3, -0.25) is 9.59 Å². The van der Waals surface area contributed by atoms with Gasteiger partial charge in [0.05, 0.1) is 43.5 Å². The van der Waals surface area contributed by atoms with Crippen LogP contribution in [0.4, 0.5) is 0 Å². The number of hydrogen-bond acceptors (Lipinski definition) is 6. The summed E-state index contributed by atoms with van der Waals surface area (Å²) in [4.78, 5) is 27.8. The standard InChI is InChI=1S/C25H28ClNO6/c1-5-6-9-12-27-22(15-10-7-8-11-18(15)31-2)21(24(29)25(27)30)23(28)16-13-20(33-4)17(26)14-19(16)32-3/h7-8,10-11,13-14,22,28H,5-6,9,12H2,1-4H3/b23-21+. The minimum absolute atomic E-state index is 0.0383. The number of aliphatic hydroxyl groups is 1. The van der Waals surface area contributed by atoms with Crippen LogP contribution in [0, 0.1) is 0 Å². The molecule has 0 radical (unpaired) electrons. The first-order valence-corrected chi connectivity index (χ1v) is 11.1. The fraction of sp³-hybridized carbons (Fsp3) is 0.360. The highest BCUT2D eigenvalue weighted by molar-refractivity contribution is 6.46. The summed E-state index contributed by atoms with van der Waals surface area (Å²) in [7, 11) is 4.39. The highest BCUT2D eigenvalue weighted by Crippen LogP contribution is 2.45. The minimum atomic E-state index is -0.815. The van der Waals surface area contributed by atoms with Crippen molar-refractivity contribution in [3.8, 4) is 17.2 Å². The lowest BCUT2D eigenvalue weighted by molar-refractivity contribution is -0.139. The Hall–Kier alpha value is -3.19. The number of Topliss-reactive ketones (excluding diaryl/α,β-unsaturated/α-hetero) is 1. The van der Waals surface area contributed by atoms with Gasteiger partial charge in [-0.25, -0.2) is 0 Å². The van der Waals surface area contributed by atoms with Gasteiger partial charge in [0.15, 0.2) is 0 Å². The third kappa shape index (κ3) is 4.64. The van der Waals surface area contributed by atoms with E-state index in [0.717, 1.165) is 19.3 Å². The molecule has 2 aromatic carbocycles. The van der Waals surface area contributed by atoms with E-state index < -0.39 is 17.7 Å². The van der Waals surface area contributed by atoms with E-state index in [4.69, 9.17) is 25.8 Å². The quantitative estimate of drug-likeness (QED) is 0.239. The number of carbonyl (C=O) groups is 2. The number of ether oxygens (including phenoxy) is 3. The van der Waals surface area contributed by atoms with Crippen LogP contribution >= 0.6 is 11.6 Å². The van der Waals surface area contributed by atoms with Crippen molar-refractivity contribution in [3.63, 3.8) is 0 Å². The van der Waals surface area contributed by atoms with Gasteiger partial charge in [0.1, 0.15) is 23.0 Å². The Morgan fingerprint density at radius 3 is 2.30 bits per heavy atom. The third-order valence-electron chi connectivity index (χ3n) is 5.71. The predicted molar refractivity (Wildman–Crippen MR) is 126 cm³/mol. The first kappa shape index (κ1) is 24.5. The summed E-state index contributed by atoms with van der Waals surface area (Å²) in [5.74, 6) is -0.746. The Kier molecular flexibility index (Phi) is 7.87. The number of rotatable bonds is 9. The molecule has 1 fully saturated rings. The molecule has 7 nitrogen and oxygen atoms in total. The Bertz CT molecular complexity index is 1080. The Balaban J connectivity index is 2.26. The zero-order chi connectivity index (χ0) is 24.1. The number of unbranched alkanes of at least 4 members (excludes halogenated alkanes) is 2. The van der Waals surface area contributed by atoms with Gasteiger partial charge in [0.25, 0.3) is 11.7 Å². The zero-order valence-electron chi connectivity index (χ0n) is 19.2. The van der Waals surface area contributed by atoms with Gasteiger partial charge in [0.2, 0.25) is 0 Å². The molecule has 0 aliphatic carbocycles. The summed E-state index contributed by atoms with van der Waals surface area (Å²) >= 11 is 6.21. The Labute approximate surface area is 198 Å². The fourth-order valence-corrected chi connectivity index (χ4v) is 4.28. The van der Waals surface area contributed by atoms with Gasteiger partial charge in [0, 0.05) is 18.2 Å². The second-order valence-electron chi connectivity index (χ2n) is 7.63. The molecule has 0 saturated carbocycles. The fourth-order valence-electron chi connectivity index (χ4n) is 4.05. The summed E-state index contributed by atoms with van der Waals surface area (Å²) in [5, 5.41) is 11.7. The zero-order valence-corrected chi connectivity index (χ0v) is 19.9. The first-order valence-electron chi connectivity index (χ1n) is 10.7. The number of hydrogen-bond donors (Lipinski definition) is 1. The molecule has 0 aromatic heterocycles. The second kappa shape index (κ2) is 10.6. The highest BCUT2D eigenvalue weighted by atomic mass is 35.5. The lowest BCUT2D eigenvalue weighted by Gasteiger charge is -2.26. The van der Waals surface area contributed by atoms with E-state index in [-0.39, 0.29) is 27.7 Å². The number of aliphatic hydroxyl groups excluding tert-OH is 1. The number of benzene rings is 2. The molecule has 8 heteroatoms. The maximum atomic E-state index is 13.2. The number of likely N-dealkylation sites (tertiary alicyclic amines) is 1. The van der Waals surface area contributed by atoms with Gasteiger partial charge < -0.3 is 24.2 Å². The smallest absolute Gasteiger partial charge is 0.295 e. The number of halogens is 1. The Morgan fingerprint density at radius 2 is 1.67 bits per heavy atom. The SMILES string of the molecule is CCCCCN1C(=O)C(=O)/C(=C(/O)c2cc(OC)c(Cl)cc2OC)C1c1ccccc1OC. The van der Waals surface area contributed by atoms with Gasteiger partial charge in [-0.15, -0.1) is 0 Å². The number of para-hydroxylation sites is 1. The molecule has 0 bridgehead atoms. The molecule has 33 heavy (non-hydrogen) atoms. The van der Waals surface area contributed by atoms with Crippen LogP contribution in [0.2, 0.25) is 5.02 Å². The molecule has 1 aliphatic heterocycles. The number of carbonyl (C=O) groups excluding carboxylic acids is 2. The van der Waals surface area contributed by atoms with Crippen molar-refractivity contribution in [3.05, 3.63) is 58.1 Å². The maximum Gasteiger partial charge on any atom is 0.295 e. The lowest BCUT2D eigenvalue weighted by atomic mass is 9.94. The van der Waals surface area contributed by atoms with Crippen LogP contribution in [0.5, 0.6) is 17.2 Å². The molecule has 3 rings (SSSR count). The van der Waals surface area contributed by atoms with Crippen molar-refractivity contribution in [2.75, 3.05) is 27.9 Å². The number of nitrogens with zero attached hydrogens (tertiary/aromatic N) is 1. The van der Waals surface area contributed by atoms with Crippen molar-refractivity contribution in [1.82, 2.24) is 4.90 Å². The van der Waals surface area contributed by atoms with Gasteiger partial charge >= 0.3 is 0 Å². The van der Waals surface area contributed by atoms with Crippen molar-refractivity contribution >= 4 is 29.1 Å². The van der Waals surface area contributed by atoms with Crippen molar-refractivity contribution in [2.24, 2.45) is 0 Å². The Morgan fingerprint density at radius 1 is 1.00 bits per heavy atom. The molecule has 1 amide bonds. The average molecular weight is 474 g/mol. The van der Waals surface area contributed by atoms with Crippen LogP contribution in [0.1, 0.15) is 43.4 Å². The molecule has 1 atom stereocenters. The molecule has 1 N–H and O–H groups in total. The normalized spacial score (nSPS) is 17.4. The third-order valence-corrected chi connectivity index (χ3v) is 6.00. The highest BCUT2D eigenvalue weighted by Gasteiger charge is 2.47. The lowest BCUT2D eigenvalue weighted by Crippen LogP contribution is -2.30. The van der Waals surface area contributed by atoms with Crippen molar-refractivity contribution in [1.29, 1.82) is 0 Å². The molecular weight excluding hydrogens is 446 g/mol. The number of methoxy groups -OCH3 is 3. The molecule has 1 saturated heterocycles. The van der Waals surface area contributed by atoms with E-state index in [1.54, 1.807) is 24.3 Å². The van der Waals surface area contributed by atoms with Crippen LogP contribution in [0.25, 0.3) is 5.76 Å². The second-order valence-corrected chi connectivity index (χ2v) is 8.04. The first-order chi connectivity index (χ1) is 15.9. The summed E-state index contributed by atoms with van der Waals surface area (Å²) < 4.78 is 16.2. The topological polar surface area (TPSA) is 85.3 Å². The van der Waals surface area contributed by atoms with Crippen LogP contribution in [0.15, 0.2) is 42.0 Å². The van der Waals surface area contributed by atoms with Gasteiger partial charge in [-0.1, -0.05) is 49.6 Å². The number of ketones is 1. The molecule has 2 aromatic rings. The van der Waals surface area contributed by atoms with Crippen molar-refractivity contribution < 1.29 is 28.9 Å². The van der Waals surface area contributed by atoms with E-state index in [1.165, 1.54) is 38.4 Å². The molecule has 1 unspecified atom stereocenters. The summed E-state index contributed by atoms with van der Waals surface area (Å²) in [5.41, 5.74) is 0.769. The van der Waals surface area contributed by atoms with E-state index in [1.807, 2.05) is 0 Å². The largest absolute Gasteiger partial charge is 0.507 e. The average Bonchev–Trinajstić information content (AvgIpc) is 3.08. The summed E-state index contributed by atoms with van der Waals surface area (Å²) in [6.45, 7) is 2.44. The molecule has 1 heterocycles. The van der Waals surface area contributed by atoms with Gasteiger partial charge in [-0.2, -0.15) is 0 Å². The molecular formula is C25H28ClNO6. The maximum absolute atomic E-state index is 13.2. The van der Waals surface area contributed by atoms with E-state index in [9.17, 15) is 14.7 Å². The van der Waals surface area contributed by atoms with E-state index in [2.05, 4.69) is 6.92 Å². The van der Waals surface area contributed by atoms with Crippen LogP contribution in [-0.2, 0) is 9.59 Å². The van der Waals surface area contributed by atoms with Crippen LogP contribution in [0.3, 0.4) is 0 Å². The summed E-state index contributed by atoms with van der Waals surface area (Å²) in [6, 6.07) is 9.31. The van der Waals surface area contributed by atoms with E-state index in [0.29, 0.717) is 23.6 Å². The number of amides is 1. The van der Waals surface area contributed by atoms with E-state index >= 15 is 0 Å². The van der Waals surface area contributed by atoms with Crippen LogP contribution in [-0.4, -0.2) is 49.6 Å². The molecule has 1 aliphatic rings. The molecule has 0 spiro atoms. The van der Waals surface area contributed by atoms with Crippen LogP contribution < -0.4 is 14.2 Å². The molecule has 176 valence electrons. The monoisotopic (exact) mass is 473 g/mol.